The Morgan fingerprint density at radius 1 is 1.40 bits per heavy atom. The number of carbonyl (C=O) groups is 1. The van der Waals surface area contributed by atoms with Crippen molar-refractivity contribution in [2.45, 2.75) is 25.0 Å². The van der Waals surface area contributed by atoms with Crippen LogP contribution in [0.4, 0.5) is 4.39 Å². The number of carbonyl (C=O) groups excluding carboxylic acids is 1. The van der Waals surface area contributed by atoms with Gasteiger partial charge in [-0.3, -0.25) is 9.89 Å². The van der Waals surface area contributed by atoms with Crippen LogP contribution in [0.1, 0.15) is 21.8 Å². The zero-order chi connectivity index (χ0) is 17.6. The average Bonchev–Trinajstić information content (AvgIpc) is 3.26. The Morgan fingerprint density at radius 2 is 2.28 bits per heavy atom. The highest BCUT2D eigenvalue weighted by Gasteiger charge is 2.09. The summed E-state index contributed by atoms with van der Waals surface area (Å²) in [7, 11) is 0. The first-order chi connectivity index (χ1) is 12.1. The first-order valence-corrected chi connectivity index (χ1v) is 9.55. The van der Waals surface area contributed by atoms with Gasteiger partial charge in [0.2, 0.25) is 11.1 Å². The number of nitrogens with one attached hydrogen (secondary N) is 2. The van der Waals surface area contributed by atoms with Crippen LogP contribution in [0.15, 0.2) is 40.9 Å². The number of hydrogen-bond acceptors (Lipinski definition) is 5. The molecule has 1 aromatic carbocycles. The number of nitrogens with zero attached hydrogens (tertiary/aromatic N) is 2. The summed E-state index contributed by atoms with van der Waals surface area (Å²) in [5.41, 5.74) is 1.44. The highest BCUT2D eigenvalue weighted by molar-refractivity contribution is 7.99. The number of amides is 1. The fourth-order valence-corrected chi connectivity index (χ4v) is 3.55. The van der Waals surface area contributed by atoms with E-state index in [1.807, 2.05) is 17.5 Å². The van der Waals surface area contributed by atoms with Crippen LogP contribution in [0.3, 0.4) is 0 Å². The maximum atomic E-state index is 13.2. The fraction of sp³-hybridized carbons (Fsp3) is 0.235. The Labute approximate surface area is 153 Å². The topological polar surface area (TPSA) is 70.7 Å². The van der Waals surface area contributed by atoms with Crippen LogP contribution in [-0.2, 0) is 17.8 Å². The zero-order valence-electron chi connectivity index (χ0n) is 13.6. The Hall–Kier alpha value is -2.19. The summed E-state index contributed by atoms with van der Waals surface area (Å²) >= 11 is 2.95. The molecule has 2 aromatic heterocycles. The van der Waals surface area contributed by atoms with Gasteiger partial charge >= 0.3 is 0 Å². The molecule has 0 unspecified atom stereocenters. The van der Waals surface area contributed by atoms with Crippen LogP contribution in [0.5, 0.6) is 0 Å². The number of rotatable bonds is 7. The summed E-state index contributed by atoms with van der Waals surface area (Å²) in [6.07, 6.45) is 0.710. The van der Waals surface area contributed by atoms with E-state index in [0.717, 1.165) is 11.4 Å². The van der Waals surface area contributed by atoms with E-state index in [-0.39, 0.29) is 17.5 Å². The molecule has 0 aliphatic rings. The van der Waals surface area contributed by atoms with Crippen molar-refractivity contribution in [3.63, 3.8) is 0 Å². The van der Waals surface area contributed by atoms with Gasteiger partial charge in [-0.2, -0.15) is 0 Å². The SMILES string of the molecule is Cc1cc(CNC(=O)CSc2n[nH]c(Cc3cccs3)n2)ccc1F. The van der Waals surface area contributed by atoms with Crippen molar-refractivity contribution in [2.75, 3.05) is 5.75 Å². The van der Waals surface area contributed by atoms with Crippen LogP contribution in [0, 0.1) is 12.7 Å². The lowest BCUT2D eigenvalue weighted by Gasteiger charge is -2.05. The molecule has 25 heavy (non-hydrogen) atoms. The Kier molecular flexibility index (Phi) is 5.83. The summed E-state index contributed by atoms with van der Waals surface area (Å²) in [5.74, 6) is 0.661. The molecule has 5 nitrogen and oxygen atoms in total. The summed E-state index contributed by atoms with van der Waals surface area (Å²) in [6, 6.07) is 8.86. The Morgan fingerprint density at radius 3 is 3.04 bits per heavy atom. The molecule has 3 aromatic rings. The monoisotopic (exact) mass is 376 g/mol. The molecule has 2 N–H and O–H groups in total. The van der Waals surface area contributed by atoms with E-state index in [1.54, 1.807) is 30.4 Å². The number of thiophene rings is 1. The van der Waals surface area contributed by atoms with Crippen LogP contribution in [0.25, 0.3) is 0 Å². The van der Waals surface area contributed by atoms with Gasteiger partial charge in [-0.15, -0.1) is 16.4 Å². The van der Waals surface area contributed by atoms with Crippen LogP contribution in [-0.4, -0.2) is 26.8 Å². The van der Waals surface area contributed by atoms with Gasteiger partial charge in [0.05, 0.1) is 5.75 Å². The predicted molar refractivity (Wildman–Crippen MR) is 97.2 cm³/mol. The van der Waals surface area contributed by atoms with Gasteiger partial charge in [-0.05, 0) is 35.6 Å². The molecule has 0 fully saturated rings. The van der Waals surface area contributed by atoms with Gasteiger partial charge in [0.15, 0.2) is 0 Å². The number of aryl methyl sites for hydroxylation is 1. The van der Waals surface area contributed by atoms with Crippen molar-refractivity contribution in [1.82, 2.24) is 20.5 Å². The lowest BCUT2D eigenvalue weighted by Crippen LogP contribution is -2.24. The summed E-state index contributed by atoms with van der Waals surface area (Å²) in [6.45, 7) is 2.08. The molecule has 1 amide bonds. The third-order valence-electron chi connectivity index (χ3n) is 3.48. The average molecular weight is 376 g/mol. The molecule has 130 valence electrons. The number of aromatic amines is 1. The predicted octanol–water partition coefficient (Wildman–Crippen LogP) is 3.31. The van der Waals surface area contributed by atoms with Crippen molar-refractivity contribution in [2.24, 2.45) is 0 Å². The first-order valence-electron chi connectivity index (χ1n) is 7.68. The van der Waals surface area contributed by atoms with E-state index < -0.39 is 0 Å². The van der Waals surface area contributed by atoms with Crippen molar-refractivity contribution >= 4 is 29.0 Å². The molecule has 0 spiro atoms. The number of H-pyrrole nitrogens is 1. The van der Waals surface area contributed by atoms with Gasteiger partial charge < -0.3 is 5.32 Å². The third kappa shape index (κ3) is 5.14. The minimum Gasteiger partial charge on any atom is -0.351 e. The van der Waals surface area contributed by atoms with E-state index in [1.165, 1.54) is 22.7 Å². The van der Waals surface area contributed by atoms with Gasteiger partial charge in [0.1, 0.15) is 11.6 Å². The molecule has 0 saturated heterocycles. The Bertz CT molecular complexity index is 848. The molecule has 0 aliphatic heterocycles. The highest BCUT2D eigenvalue weighted by Crippen LogP contribution is 2.16. The molecule has 0 saturated carbocycles. The largest absolute Gasteiger partial charge is 0.351 e. The van der Waals surface area contributed by atoms with Crippen molar-refractivity contribution in [1.29, 1.82) is 0 Å². The summed E-state index contributed by atoms with van der Waals surface area (Å²) in [5, 5.41) is 12.4. The quantitative estimate of drug-likeness (QED) is 0.621. The number of thioether (sulfide) groups is 1. The van der Waals surface area contributed by atoms with Crippen molar-refractivity contribution in [3.8, 4) is 0 Å². The smallest absolute Gasteiger partial charge is 0.230 e. The third-order valence-corrected chi connectivity index (χ3v) is 5.20. The van der Waals surface area contributed by atoms with Gasteiger partial charge in [0, 0.05) is 17.8 Å². The van der Waals surface area contributed by atoms with E-state index >= 15 is 0 Å². The molecule has 0 radical (unpaired) electrons. The minimum atomic E-state index is -0.242. The number of benzene rings is 1. The van der Waals surface area contributed by atoms with E-state index in [9.17, 15) is 9.18 Å². The normalized spacial score (nSPS) is 10.8. The summed E-state index contributed by atoms with van der Waals surface area (Å²) in [4.78, 5) is 17.5. The second-order valence-corrected chi connectivity index (χ2v) is 7.44. The van der Waals surface area contributed by atoms with Gasteiger partial charge in [0.25, 0.3) is 0 Å². The molecule has 0 aliphatic carbocycles. The van der Waals surface area contributed by atoms with E-state index in [2.05, 4.69) is 20.5 Å². The molecular weight excluding hydrogens is 359 g/mol. The Balaban J connectivity index is 1.44. The van der Waals surface area contributed by atoms with Gasteiger partial charge in [-0.1, -0.05) is 30.0 Å². The highest BCUT2D eigenvalue weighted by atomic mass is 32.2. The molecule has 3 rings (SSSR count). The standard InChI is InChI=1S/C17H17FN4OS2/c1-11-7-12(4-5-14(11)18)9-19-16(23)10-25-17-20-15(21-22-17)8-13-3-2-6-24-13/h2-7H,8-10H2,1H3,(H,19,23)(H,20,21,22). The minimum absolute atomic E-state index is 0.114. The van der Waals surface area contributed by atoms with Gasteiger partial charge in [-0.25, -0.2) is 9.37 Å². The summed E-state index contributed by atoms with van der Waals surface area (Å²) < 4.78 is 13.2. The number of hydrogen-bond donors (Lipinski definition) is 2. The molecule has 8 heteroatoms. The van der Waals surface area contributed by atoms with Crippen molar-refractivity contribution < 1.29 is 9.18 Å². The lowest BCUT2D eigenvalue weighted by molar-refractivity contribution is -0.118. The van der Waals surface area contributed by atoms with E-state index in [4.69, 9.17) is 0 Å². The second kappa shape index (κ2) is 8.26. The molecule has 0 bridgehead atoms. The molecular formula is C17H17FN4OS2. The van der Waals surface area contributed by atoms with Crippen LogP contribution < -0.4 is 5.32 Å². The molecule has 2 heterocycles. The molecule has 0 atom stereocenters. The first kappa shape index (κ1) is 17.6. The number of halogens is 1. The van der Waals surface area contributed by atoms with Crippen LogP contribution >= 0.6 is 23.1 Å². The zero-order valence-corrected chi connectivity index (χ0v) is 15.2. The second-order valence-electron chi connectivity index (χ2n) is 5.47. The van der Waals surface area contributed by atoms with E-state index in [0.29, 0.717) is 23.7 Å². The number of aromatic nitrogens is 3. The maximum absolute atomic E-state index is 13.2. The lowest BCUT2D eigenvalue weighted by atomic mass is 10.1. The van der Waals surface area contributed by atoms with Crippen LogP contribution in [0.2, 0.25) is 0 Å². The van der Waals surface area contributed by atoms with Crippen molar-refractivity contribution in [3.05, 3.63) is 63.4 Å². The maximum Gasteiger partial charge on any atom is 0.230 e. The fourth-order valence-electron chi connectivity index (χ4n) is 2.20.